The molecule has 0 aliphatic carbocycles. The van der Waals surface area contributed by atoms with Gasteiger partial charge in [-0.15, -0.1) is 13.2 Å². The number of hydrogen-bond acceptors (Lipinski definition) is 2. The molecule has 0 aliphatic rings. The molecule has 0 aromatic heterocycles. The molecular formula is C9H16N2O. The van der Waals surface area contributed by atoms with Crippen LogP contribution in [-0.2, 0) is 4.79 Å². The summed E-state index contributed by atoms with van der Waals surface area (Å²) >= 11 is 0. The van der Waals surface area contributed by atoms with E-state index < -0.39 is 0 Å². The Balaban J connectivity index is 3.68. The van der Waals surface area contributed by atoms with E-state index >= 15 is 0 Å². The second kappa shape index (κ2) is 6.61. The third kappa shape index (κ3) is 5.68. The summed E-state index contributed by atoms with van der Waals surface area (Å²) in [5, 5.41) is 0. The fourth-order valence-corrected chi connectivity index (χ4v) is 0.891. The first-order chi connectivity index (χ1) is 5.70. The molecule has 0 rings (SSSR count). The van der Waals surface area contributed by atoms with Crippen molar-refractivity contribution in [2.45, 2.75) is 6.42 Å². The van der Waals surface area contributed by atoms with Gasteiger partial charge in [-0.05, 0) is 0 Å². The Labute approximate surface area is 73.5 Å². The summed E-state index contributed by atoms with van der Waals surface area (Å²) in [6, 6.07) is 0. The minimum absolute atomic E-state index is 0.270. The Morgan fingerprint density at radius 3 is 2.17 bits per heavy atom. The van der Waals surface area contributed by atoms with Crippen molar-refractivity contribution in [3.05, 3.63) is 25.3 Å². The molecule has 0 saturated heterocycles. The van der Waals surface area contributed by atoms with Crippen molar-refractivity contribution < 1.29 is 4.79 Å². The van der Waals surface area contributed by atoms with E-state index in [4.69, 9.17) is 5.73 Å². The SMILES string of the molecule is C=CCN(CC=C)CCC(N)=O. The van der Waals surface area contributed by atoms with Crippen molar-refractivity contribution in [3.8, 4) is 0 Å². The van der Waals surface area contributed by atoms with E-state index in [1.165, 1.54) is 0 Å². The molecule has 0 atom stereocenters. The van der Waals surface area contributed by atoms with Crippen LogP contribution in [0.15, 0.2) is 25.3 Å². The smallest absolute Gasteiger partial charge is 0.218 e. The first-order valence-corrected chi connectivity index (χ1v) is 3.93. The average Bonchev–Trinajstić information content (AvgIpc) is 2.01. The fourth-order valence-electron chi connectivity index (χ4n) is 0.891. The molecule has 0 aromatic rings. The molecule has 0 heterocycles. The largest absolute Gasteiger partial charge is 0.370 e. The molecule has 68 valence electrons. The van der Waals surface area contributed by atoms with Crippen LogP contribution in [-0.4, -0.2) is 30.4 Å². The lowest BCUT2D eigenvalue weighted by Gasteiger charge is -2.16. The van der Waals surface area contributed by atoms with Crippen LogP contribution >= 0.6 is 0 Å². The van der Waals surface area contributed by atoms with Crippen LogP contribution in [0.25, 0.3) is 0 Å². The Morgan fingerprint density at radius 2 is 1.83 bits per heavy atom. The van der Waals surface area contributed by atoms with Crippen LogP contribution in [0.1, 0.15) is 6.42 Å². The quantitative estimate of drug-likeness (QED) is 0.564. The lowest BCUT2D eigenvalue weighted by Crippen LogP contribution is -2.28. The lowest BCUT2D eigenvalue weighted by atomic mass is 10.3. The third-order valence-corrected chi connectivity index (χ3v) is 1.45. The second-order valence-electron chi connectivity index (χ2n) is 2.55. The molecule has 0 saturated carbocycles. The maximum atomic E-state index is 10.5. The summed E-state index contributed by atoms with van der Waals surface area (Å²) in [6.45, 7) is 9.44. The molecule has 0 aromatic carbocycles. The fraction of sp³-hybridized carbons (Fsp3) is 0.444. The zero-order chi connectivity index (χ0) is 9.40. The van der Waals surface area contributed by atoms with Crippen LogP contribution in [0.4, 0.5) is 0 Å². The number of hydrogen-bond donors (Lipinski definition) is 1. The van der Waals surface area contributed by atoms with Crippen molar-refractivity contribution in [3.63, 3.8) is 0 Å². The van der Waals surface area contributed by atoms with E-state index in [1.807, 2.05) is 4.90 Å². The first kappa shape index (κ1) is 10.9. The van der Waals surface area contributed by atoms with Gasteiger partial charge in [0.15, 0.2) is 0 Å². The van der Waals surface area contributed by atoms with Gasteiger partial charge in [-0.3, -0.25) is 9.69 Å². The minimum atomic E-state index is -0.270. The van der Waals surface area contributed by atoms with Crippen molar-refractivity contribution in [2.75, 3.05) is 19.6 Å². The monoisotopic (exact) mass is 168 g/mol. The maximum Gasteiger partial charge on any atom is 0.218 e. The van der Waals surface area contributed by atoms with Gasteiger partial charge < -0.3 is 5.73 Å². The van der Waals surface area contributed by atoms with Gasteiger partial charge in [0.25, 0.3) is 0 Å². The van der Waals surface area contributed by atoms with Crippen molar-refractivity contribution in [1.82, 2.24) is 4.90 Å². The number of rotatable bonds is 7. The van der Waals surface area contributed by atoms with E-state index in [1.54, 1.807) is 12.2 Å². The van der Waals surface area contributed by atoms with Gasteiger partial charge in [0.2, 0.25) is 5.91 Å². The highest BCUT2D eigenvalue weighted by Crippen LogP contribution is 1.91. The summed E-state index contributed by atoms with van der Waals surface area (Å²) in [6.07, 6.45) is 3.98. The molecule has 0 radical (unpaired) electrons. The van der Waals surface area contributed by atoms with E-state index in [0.717, 1.165) is 13.1 Å². The van der Waals surface area contributed by atoms with Crippen molar-refractivity contribution >= 4 is 5.91 Å². The van der Waals surface area contributed by atoms with E-state index in [-0.39, 0.29) is 5.91 Å². The molecule has 0 unspecified atom stereocenters. The highest BCUT2D eigenvalue weighted by atomic mass is 16.1. The number of nitrogens with two attached hydrogens (primary N) is 1. The number of carbonyl (C=O) groups is 1. The second-order valence-corrected chi connectivity index (χ2v) is 2.55. The predicted octanol–water partition coefficient (Wildman–Crippen LogP) is 0.536. The highest BCUT2D eigenvalue weighted by molar-refractivity contribution is 5.73. The molecule has 0 aliphatic heterocycles. The van der Waals surface area contributed by atoms with Crippen LogP contribution in [0.5, 0.6) is 0 Å². The summed E-state index contributed by atoms with van der Waals surface area (Å²) in [7, 11) is 0. The molecule has 0 spiro atoms. The van der Waals surface area contributed by atoms with Gasteiger partial charge in [-0.2, -0.15) is 0 Å². The van der Waals surface area contributed by atoms with Gasteiger partial charge in [-0.1, -0.05) is 12.2 Å². The van der Waals surface area contributed by atoms with Gasteiger partial charge in [0.05, 0.1) is 0 Å². The van der Waals surface area contributed by atoms with Crippen LogP contribution < -0.4 is 5.73 Å². The predicted molar refractivity (Wildman–Crippen MR) is 50.6 cm³/mol. The molecular weight excluding hydrogens is 152 g/mol. The summed E-state index contributed by atoms with van der Waals surface area (Å²) in [4.78, 5) is 12.5. The van der Waals surface area contributed by atoms with Crippen molar-refractivity contribution in [1.29, 1.82) is 0 Å². The summed E-state index contributed by atoms with van der Waals surface area (Å²) < 4.78 is 0. The Hall–Kier alpha value is -1.09. The molecule has 1 amide bonds. The molecule has 3 heteroatoms. The van der Waals surface area contributed by atoms with Gasteiger partial charge in [0, 0.05) is 26.1 Å². The van der Waals surface area contributed by atoms with Crippen LogP contribution in [0.3, 0.4) is 0 Å². The van der Waals surface area contributed by atoms with Gasteiger partial charge in [0.1, 0.15) is 0 Å². The maximum absolute atomic E-state index is 10.5. The average molecular weight is 168 g/mol. The molecule has 12 heavy (non-hydrogen) atoms. The number of carbonyl (C=O) groups excluding carboxylic acids is 1. The van der Waals surface area contributed by atoms with E-state index in [9.17, 15) is 4.79 Å². The summed E-state index contributed by atoms with van der Waals surface area (Å²) in [5.41, 5.74) is 5.02. The Kier molecular flexibility index (Phi) is 6.01. The molecule has 0 fully saturated rings. The number of amides is 1. The minimum Gasteiger partial charge on any atom is -0.370 e. The van der Waals surface area contributed by atoms with Crippen molar-refractivity contribution in [2.24, 2.45) is 5.73 Å². The highest BCUT2D eigenvalue weighted by Gasteiger charge is 2.01. The number of primary amides is 1. The van der Waals surface area contributed by atoms with Crippen LogP contribution in [0, 0.1) is 0 Å². The number of nitrogens with zero attached hydrogens (tertiary/aromatic N) is 1. The van der Waals surface area contributed by atoms with E-state index in [2.05, 4.69) is 13.2 Å². The molecule has 2 N–H and O–H groups in total. The summed E-state index contributed by atoms with van der Waals surface area (Å²) in [5.74, 6) is -0.270. The van der Waals surface area contributed by atoms with Gasteiger partial charge in [-0.25, -0.2) is 0 Å². The lowest BCUT2D eigenvalue weighted by molar-refractivity contribution is -0.118. The Morgan fingerprint density at radius 1 is 1.33 bits per heavy atom. The van der Waals surface area contributed by atoms with Crippen LogP contribution in [0.2, 0.25) is 0 Å². The zero-order valence-corrected chi connectivity index (χ0v) is 7.33. The molecule has 0 bridgehead atoms. The van der Waals surface area contributed by atoms with E-state index in [0.29, 0.717) is 13.0 Å². The molecule has 3 nitrogen and oxygen atoms in total. The topological polar surface area (TPSA) is 46.3 Å². The first-order valence-electron chi connectivity index (χ1n) is 3.93. The third-order valence-electron chi connectivity index (χ3n) is 1.45. The normalized spacial score (nSPS) is 9.75. The zero-order valence-electron chi connectivity index (χ0n) is 7.33. The van der Waals surface area contributed by atoms with Gasteiger partial charge >= 0.3 is 0 Å². The standard InChI is InChI=1S/C9H16N2O/c1-3-6-11(7-4-2)8-5-9(10)12/h3-4H,1-2,5-8H2,(H2,10,12). The Bertz CT molecular complexity index is 156.